The Morgan fingerprint density at radius 2 is 2.13 bits per heavy atom. The summed E-state index contributed by atoms with van der Waals surface area (Å²) in [5.41, 5.74) is 14.9. The Kier molecular flexibility index (Phi) is 3.79. The molecule has 0 saturated heterocycles. The van der Waals surface area contributed by atoms with E-state index < -0.39 is 17.9 Å². The van der Waals surface area contributed by atoms with Gasteiger partial charge in [-0.1, -0.05) is 5.11 Å². The van der Waals surface area contributed by atoms with Crippen LogP contribution in [-0.4, -0.2) is 23.2 Å². The van der Waals surface area contributed by atoms with Gasteiger partial charge in [0.2, 0.25) is 4.91 Å². The summed E-state index contributed by atoms with van der Waals surface area (Å²) in [6.07, 6.45) is 1.24. The van der Waals surface area contributed by atoms with Crippen molar-refractivity contribution in [3.05, 3.63) is 10.4 Å². The lowest BCUT2D eigenvalue weighted by molar-refractivity contribution is -0.143. The molecule has 1 rings (SSSR count). The van der Waals surface area contributed by atoms with Crippen LogP contribution in [-0.2, 0) is 4.79 Å². The lowest BCUT2D eigenvalue weighted by Crippen LogP contribution is -2.34. The number of carboxylic acid groups (broad SMARTS) is 1. The Hall–Kier alpha value is -1.91. The molecule has 8 nitrogen and oxygen atoms in total. The molecule has 0 bridgehead atoms. The zero-order chi connectivity index (χ0) is 11.3. The van der Waals surface area contributed by atoms with Crippen molar-refractivity contribution in [1.82, 2.24) is 4.91 Å². The Morgan fingerprint density at radius 3 is 2.67 bits per heavy atom. The molecule has 1 aliphatic rings. The first-order valence-corrected chi connectivity index (χ1v) is 4.52. The van der Waals surface area contributed by atoms with Crippen LogP contribution in [0.5, 0.6) is 0 Å². The van der Waals surface area contributed by atoms with Crippen LogP contribution in [0, 0.1) is 11.4 Å². The molecule has 0 aliphatic heterocycles. The van der Waals surface area contributed by atoms with Gasteiger partial charge in [0.05, 0.1) is 12.0 Å². The largest absolute Gasteiger partial charge is 0.481 e. The number of hydrogen-bond donors (Lipinski definition) is 2. The third-order valence-corrected chi connectivity index (χ3v) is 2.54. The predicted molar refractivity (Wildman–Crippen MR) is 49.0 cm³/mol. The topological polar surface area (TPSA) is 136 Å². The van der Waals surface area contributed by atoms with Gasteiger partial charge in [0.15, 0.2) is 0 Å². The first-order valence-electron chi connectivity index (χ1n) is 4.52. The molecule has 1 unspecified atom stereocenters. The molecule has 0 aromatic rings. The monoisotopic (exact) mass is 211 g/mol. The molecule has 0 radical (unpaired) electrons. The lowest BCUT2D eigenvalue weighted by atomic mass is 9.83. The minimum absolute atomic E-state index is 0.267. The standard InChI is InChI=1S/C7H10N6O2/c8-12-10-5-2-1-4(7(14)15)3-6(5)11-13-9/h4-6,8H,1-3H2/p+1/t4?,5-,6-/m1/s1. The van der Waals surface area contributed by atoms with Crippen LogP contribution in [0.25, 0.3) is 10.4 Å². The number of carboxylic acids is 1. The van der Waals surface area contributed by atoms with Gasteiger partial charge in [0, 0.05) is 4.91 Å². The minimum Gasteiger partial charge on any atom is -0.481 e. The van der Waals surface area contributed by atoms with Crippen LogP contribution in [0.4, 0.5) is 0 Å². The fourth-order valence-electron chi connectivity index (χ4n) is 1.75. The van der Waals surface area contributed by atoms with E-state index in [0.29, 0.717) is 12.8 Å². The second-order valence-electron chi connectivity index (χ2n) is 3.40. The number of azide groups is 1. The summed E-state index contributed by atoms with van der Waals surface area (Å²) in [6, 6.07) is -0.854. The maximum absolute atomic E-state index is 10.7. The molecule has 0 amide bonds. The summed E-state index contributed by atoms with van der Waals surface area (Å²) >= 11 is 0. The summed E-state index contributed by atoms with van der Waals surface area (Å²) in [7, 11) is 0. The summed E-state index contributed by atoms with van der Waals surface area (Å²) < 4.78 is 0. The van der Waals surface area contributed by atoms with Crippen LogP contribution in [0.3, 0.4) is 0 Å². The van der Waals surface area contributed by atoms with Gasteiger partial charge >= 0.3 is 5.97 Å². The molecule has 8 heteroatoms. The average Bonchev–Trinajstić information content (AvgIpc) is 2.21. The van der Waals surface area contributed by atoms with Crippen LogP contribution >= 0.6 is 0 Å². The molecule has 0 aromatic heterocycles. The number of rotatable bonds is 3. The van der Waals surface area contributed by atoms with Gasteiger partial charge in [0.1, 0.15) is 16.7 Å². The molecule has 0 spiro atoms. The lowest BCUT2D eigenvalue weighted by Gasteiger charge is -2.25. The van der Waals surface area contributed by atoms with Gasteiger partial charge in [-0.05, 0) is 24.8 Å². The average molecular weight is 211 g/mol. The third kappa shape index (κ3) is 2.77. The van der Waals surface area contributed by atoms with Crippen molar-refractivity contribution in [3.8, 4) is 0 Å². The van der Waals surface area contributed by atoms with Gasteiger partial charge in [-0.2, -0.15) is 0 Å². The Bertz CT molecular complexity index is 343. The number of aliphatic carboxylic acids is 1. The molecule has 3 atom stereocenters. The highest BCUT2D eigenvalue weighted by molar-refractivity contribution is 5.70. The molecule has 1 aliphatic carbocycles. The highest BCUT2D eigenvalue weighted by Gasteiger charge is 2.35. The molecule has 2 N–H and O–H groups in total. The summed E-state index contributed by atoms with van der Waals surface area (Å²) in [5, 5.41) is 15.9. The van der Waals surface area contributed by atoms with Crippen molar-refractivity contribution >= 4 is 5.97 Å². The maximum Gasteiger partial charge on any atom is 0.306 e. The third-order valence-electron chi connectivity index (χ3n) is 2.54. The zero-order valence-corrected chi connectivity index (χ0v) is 7.94. The van der Waals surface area contributed by atoms with Crippen LogP contribution in [0.2, 0.25) is 0 Å². The highest BCUT2D eigenvalue weighted by Crippen LogP contribution is 2.28. The van der Waals surface area contributed by atoms with E-state index in [1.165, 1.54) is 0 Å². The van der Waals surface area contributed by atoms with Crippen molar-refractivity contribution in [2.75, 3.05) is 0 Å². The first kappa shape index (κ1) is 11.2. The molecule has 1 saturated carbocycles. The van der Waals surface area contributed by atoms with Crippen LogP contribution in [0.15, 0.2) is 10.2 Å². The van der Waals surface area contributed by atoms with E-state index >= 15 is 0 Å². The van der Waals surface area contributed by atoms with Crippen LogP contribution < -0.4 is 4.91 Å². The molecular formula is C7H11N6O2+. The van der Waals surface area contributed by atoms with Crippen molar-refractivity contribution in [1.29, 1.82) is 5.53 Å². The number of nitrogens with zero attached hydrogens (tertiary/aromatic N) is 5. The van der Waals surface area contributed by atoms with E-state index in [1.54, 1.807) is 0 Å². The zero-order valence-electron chi connectivity index (χ0n) is 7.94. The number of carbonyl (C=O) groups is 1. The second-order valence-corrected chi connectivity index (χ2v) is 3.40. The van der Waals surface area contributed by atoms with E-state index in [9.17, 15) is 4.79 Å². The Morgan fingerprint density at radius 1 is 1.40 bits per heavy atom. The minimum atomic E-state index is -0.880. The molecule has 80 valence electrons. The first-order chi connectivity index (χ1) is 7.19. The second kappa shape index (κ2) is 5.09. The normalized spacial score (nSPS) is 29.7. The molecule has 0 aromatic carbocycles. The highest BCUT2D eigenvalue weighted by atomic mass is 16.4. The van der Waals surface area contributed by atoms with Gasteiger partial charge in [-0.25, -0.2) is 0 Å². The van der Waals surface area contributed by atoms with E-state index in [2.05, 4.69) is 20.1 Å². The summed E-state index contributed by atoms with van der Waals surface area (Å²) in [5.74, 6) is -1.37. The molecule has 15 heavy (non-hydrogen) atoms. The smallest absolute Gasteiger partial charge is 0.306 e. The quantitative estimate of drug-likeness (QED) is 0.415. The fourth-order valence-corrected chi connectivity index (χ4v) is 1.75. The van der Waals surface area contributed by atoms with Crippen molar-refractivity contribution in [2.45, 2.75) is 31.3 Å². The van der Waals surface area contributed by atoms with Gasteiger partial charge in [-0.15, -0.1) is 0 Å². The summed E-state index contributed by atoms with van der Waals surface area (Å²) in [4.78, 5) is 16.3. The van der Waals surface area contributed by atoms with Crippen molar-refractivity contribution < 1.29 is 9.90 Å². The number of nitrogens with one attached hydrogen (secondary N) is 1. The van der Waals surface area contributed by atoms with E-state index in [0.717, 1.165) is 0 Å². The van der Waals surface area contributed by atoms with Crippen molar-refractivity contribution in [2.24, 2.45) is 16.1 Å². The Balaban J connectivity index is 2.77. The molecule has 0 heterocycles. The van der Waals surface area contributed by atoms with Gasteiger partial charge in [-0.3, -0.25) is 4.79 Å². The van der Waals surface area contributed by atoms with E-state index in [-0.39, 0.29) is 12.5 Å². The molecular weight excluding hydrogens is 200 g/mol. The van der Waals surface area contributed by atoms with E-state index in [1.807, 2.05) is 0 Å². The van der Waals surface area contributed by atoms with Gasteiger partial charge < -0.3 is 5.11 Å². The van der Waals surface area contributed by atoms with Crippen LogP contribution in [0.1, 0.15) is 19.3 Å². The summed E-state index contributed by atoms with van der Waals surface area (Å²) in [6.45, 7) is 0. The number of hydrogen-bond acceptors (Lipinski definition) is 4. The predicted octanol–water partition coefficient (Wildman–Crippen LogP) is 1.47. The Labute approximate surface area is 85.1 Å². The molecule has 1 fully saturated rings. The SMILES string of the molecule is [N-]=[N+]=N[C@@H]1CC(C(=O)O)CC[C@H]1N=[N+]=N. The maximum atomic E-state index is 10.7. The fraction of sp³-hybridized carbons (Fsp3) is 0.857. The van der Waals surface area contributed by atoms with E-state index in [4.69, 9.17) is 16.2 Å². The van der Waals surface area contributed by atoms with Crippen molar-refractivity contribution in [3.63, 3.8) is 0 Å². The van der Waals surface area contributed by atoms with Gasteiger partial charge in [0.25, 0.3) is 0 Å².